The van der Waals surface area contributed by atoms with Gasteiger partial charge in [-0.1, -0.05) is 21.6 Å². The highest BCUT2D eigenvalue weighted by atomic mass is 33.1. The smallest absolute Gasteiger partial charge is 0.252 e. The molecule has 38 heavy (non-hydrogen) atoms. The Bertz CT molecular complexity index is 1340. The lowest BCUT2D eigenvalue weighted by Crippen LogP contribution is -2.33. The third-order valence-corrected chi connectivity index (χ3v) is 8.42. The SMILES string of the molecule is CCN(C(=O)COC)c1ccc(SSc2ccc(N(CC)C(=O)COC)c3cccnc23)c2ncccc12. The second-order valence-electron chi connectivity index (χ2n) is 8.27. The van der Waals surface area contributed by atoms with Crippen molar-refractivity contribution in [2.45, 2.75) is 23.6 Å². The van der Waals surface area contributed by atoms with Crippen molar-refractivity contribution in [2.75, 3.05) is 50.3 Å². The van der Waals surface area contributed by atoms with Crippen LogP contribution in [0.2, 0.25) is 0 Å². The number of nitrogens with zero attached hydrogens (tertiary/aromatic N) is 4. The van der Waals surface area contributed by atoms with E-state index in [2.05, 4.69) is 9.97 Å². The first-order valence-electron chi connectivity index (χ1n) is 12.2. The number of pyridine rings is 2. The number of benzene rings is 2. The minimum Gasteiger partial charge on any atom is -0.375 e. The van der Waals surface area contributed by atoms with Gasteiger partial charge in [-0.2, -0.15) is 0 Å². The van der Waals surface area contributed by atoms with Crippen LogP contribution >= 0.6 is 21.6 Å². The fourth-order valence-corrected chi connectivity index (χ4v) is 6.58. The first kappa shape index (κ1) is 27.8. The van der Waals surface area contributed by atoms with Crippen molar-refractivity contribution in [1.29, 1.82) is 0 Å². The molecule has 0 saturated heterocycles. The lowest BCUT2D eigenvalue weighted by molar-refractivity contribution is -0.122. The van der Waals surface area contributed by atoms with E-state index in [0.717, 1.165) is 43.0 Å². The summed E-state index contributed by atoms with van der Waals surface area (Å²) in [5, 5.41) is 1.80. The zero-order valence-electron chi connectivity index (χ0n) is 21.8. The van der Waals surface area contributed by atoms with Crippen LogP contribution in [0.25, 0.3) is 21.8 Å². The van der Waals surface area contributed by atoms with Crippen molar-refractivity contribution in [1.82, 2.24) is 9.97 Å². The van der Waals surface area contributed by atoms with E-state index < -0.39 is 0 Å². The molecule has 0 aliphatic carbocycles. The van der Waals surface area contributed by atoms with Crippen molar-refractivity contribution in [3.05, 3.63) is 60.9 Å². The van der Waals surface area contributed by atoms with E-state index in [1.807, 2.05) is 62.4 Å². The lowest BCUT2D eigenvalue weighted by atomic mass is 10.1. The standard InChI is InChI=1S/C28H30N4O4S2/c1-5-31(25(33)17-35-3)21-11-13-23(27-19(21)9-7-15-29-27)37-38-24-14-12-22(20-10-8-16-30-28(20)24)32(6-2)26(34)18-36-4/h7-16H,5-6,17-18H2,1-4H3. The van der Waals surface area contributed by atoms with Gasteiger partial charge in [0.2, 0.25) is 0 Å². The fourth-order valence-electron chi connectivity index (χ4n) is 4.32. The number of likely N-dealkylation sites (N-methyl/N-ethyl adjacent to an activating group) is 2. The summed E-state index contributed by atoms with van der Waals surface area (Å²) in [7, 11) is 6.21. The van der Waals surface area contributed by atoms with Crippen LogP contribution in [0.1, 0.15) is 13.8 Å². The molecule has 8 nitrogen and oxygen atoms in total. The Kier molecular flexibility index (Phi) is 9.57. The molecule has 4 rings (SSSR count). The molecule has 0 bridgehead atoms. The van der Waals surface area contributed by atoms with Crippen LogP contribution < -0.4 is 9.80 Å². The van der Waals surface area contributed by atoms with E-state index in [1.54, 1.807) is 43.8 Å². The average Bonchev–Trinajstić information content (AvgIpc) is 2.94. The molecule has 0 atom stereocenters. The highest BCUT2D eigenvalue weighted by molar-refractivity contribution is 8.76. The number of methoxy groups -OCH3 is 2. The van der Waals surface area contributed by atoms with Gasteiger partial charge in [0.15, 0.2) is 0 Å². The number of rotatable bonds is 11. The van der Waals surface area contributed by atoms with Gasteiger partial charge >= 0.3 is 0 Å². The number of amides is 2. The van der Waals surface area contributed by atoms with Crippen LogP contribution in [0, 0.1) is 0 Å². The maximum atomic E-state index is 12.6. The predicted octanol–water partition coefficient (Wildman–Crippen LogP) is 5.58. The third kappa shape index (κ3) is 5.78. The quantitative estimate of drug-likeness (QED) is 0.224. The zero-order valence-corrected chi connectivity index (χ0v) is 23.5. The Morgan fingerprint density at radius 2 is 1.13 bits per heavy atom. The molecule has 0 unspecified atom stereocenters. The van der Waals surface area contributed by atoms with Crippen molar-refractivity contribution < 1.29 is 19.1 Å². The summed E-state index contributed by atoms with van der Waals surface area (Å²) in [4.78, 5) is 40.0. The molecule has 0 saturated carbocycles. The zero-order chi connectivity index (χ0) is 27.1. The molecular formula is C28H30N4O4S2. The number of hydrogen-bond acceptors (Lipinski definition) is 8. The minimum atomic E-state index is -0.0994. The molecule has 2 aromatic carbocycles. The molecule has 2 heterocycles. The van der Waals surface area contributed by atoms with Crippen molar-refractivity contribution in [3.8, 4) is 0 Å². The summed E-state index contributed by atoms with van der Waals surface area (Å²) in [5.74, 6) is -0.199. The second-order valence-corrected chi connectivity index (χ2v) is 10.5. The van der Waals surface area contributed by atoms with Gasteiger partial charge < -0.3 is 19.3 Å². The van der Waals surface area contributed by atoms with Crippen molar-refractivity contribution in [3.63, 3.8) is 0 Å². The largest absolute Gasteiger partial charge is 0.375 e. The van der Waals surface area contributed by atoms with Gasteiger partial charge in [-0.15, -0.1) is 0 Å². The summed E-state index contributed by atoms with van der Waals surface area (Å²) in [6.07, 6.45) is 3.52. The summed E-state index contributed by atoms with van der Waals surface area (Å²) in [6.45, 7) is 4.98. The number of aromatic nitrogens is 2. The summed E-state index contributed by atoms with van der Waals surface area (Å²) in [6, 6.07) is 15.6. The summed E-state index contributed by atoms with van der Waals surface area (Å²) < 4.78 is 10.1. The Hall–Kier alpha value is -3.18. The van der Waals surface area contributed by atoms with E-state index in [-0.39, 0.29) is 25.0 Å². The van der Waals surface area contributed by atoms with Crippen molar-refractivity contribution >= 4 is 66.6 Å². The Morgan fingerprint density at radius 3 is 1.50 bits per heavy atom. The maximum Gasteiger partial charge on any atom is 0.252 e. The first-order valence-corrected chi connectivity index (χ1v) is 14.4. The molecule has 0 N–H and O–H groups in total. The summed E-state index contributed by atoms with van der Waals surface area (Å²) >= 11 is 0. The van der Waals surface area contributed by atoms with Gasteiger partial charge in [0.1, 0.15) is 13.2 Å². The molecule has 0 aliphatic heterocycles. The molecule has 2 aromatic heterocycles. The number of carbonyl (C=O) groups is 2. The number of fused-ring (bicyclic) bond motifs is 2. The van der Waals surface area contributed by atoms with Crippen molar-refractivity contribution in [2.24, 2.45) is 0 Å². The van der Waals surface area contributed by atoms with Crippen LogP contribution in [-0.4, -0.2) is 62.3 Å². The average molecular weight is 551 g/mol. The third-order valence-electron chi connectivity index (χ3n) is 5.99. The van der Waals surface area contributed by atoms with Gasteiger partial charge in [-0.05, 0) is 62.4 Å². The molecule has 2 amide bonds. The van der Waals surface area contributed by atoms with Gasteiger partial charge in [0, 0.05) is 60.3 Å². The Balaban J connectivity index is 1.67. The highest BCUT2D eigenvalue weighted by Crippen LogP contribution is 2.45. The minimum absolute atomic E-state index is 0.0184. The normalized spacial score (nSPS) is 11.2. The fraction of sp³-hybridized carbons (Fsp3) is 0.286. The monoisotopic (exact) mass is 550 g/mol. The number of anilines is 2. The number of hydrogen-bond donors (Lipinski definition) is 0. The molecule has 0 radical (unpaired) electrons. The first-order chi connectivity index (χ1) is 18.5. The van der Waals surface area contributed by atoms with Crippen LogP contribution in [0.3, 0.4) is 0 Å². The number of carbonyl (C=O) groups excluding carboxylic acids is 2. The predicted molar refractivity (Wildman–Crippen MR) is 155 cm³/mol. The Labute approximate surface area is 230 Å². The molecule has 0 aliphatic rings. The van der Waals surface area contributed by atoms with Gasteiger partial charge in [-0.3, -0.25) is 19.6 Å². The Morgan fingerprint density at radius 1 is 0.711 bits per heavy atom. The molecule has 0 spiro atoms. The molecule has 198 valence electrons. The molecule has 4 aromatic rings. The summed E-state index contributed by atoms with van der Waals surface area (Å²) in [5.41, 5.74) is 3.26. The van der Waals surface area contributed by atoms with Gasteiger partial charge in [0.25, 0.3) is 11.8 Å². The van der Waals surface area contributed by atoms with Crippen LogP contribution in [0.4, 0.5) is 11.4 Å². The van der Waals surface area contributed by atoms with E-state index in [0.29, 0.717) is 13.1 Å². The molecule has 10 heteroatoms. The van der Waals surface area contributed by atoms with E-state index in [4.69, 9.17) is 9.47 Å². The van der Waals surface area contributed by atoms with E-state index in [9.17, 15) is 9.59 Å². The maximum absolute atomic E-state index is 12.6. The second kappa shape index (κ2) is 13.1. The van der Waals surface area contributed by atoms with Crippen LogP contribution in [0.5, 0.6) is 0 Å². The molecule has 0 fully saturated rings. The highest BCUT2D eigenvalue weighted by Gasteiger charge is 2.20. The van der Waals surface area contributed by atoms with Crippen LogP contribution in [-0.2, 0) is 19.1 Å². The number of ether oxygens (including phenoxy) is 2. The van der Waals surface area contributed by atoms with Gasteiger partial charge in [0.05, 0.1) is 22.4 Å². The van der Waals surface area contributed by atoms with E-state index >= 15 is 0 Å². The topological polar surface area (TPSA) is 84.9 Å². The lowest BCUT2D eigenvalue weighted by Gasteiger charge is -2.23. The van der Waals surface area contributed by atoms with Crippen LogP contribution in [0.15, 0.2) is 70.7 Å². The van der Waals surface area contributed by atoms with Gasteiger partial charge in [-0.25, -0.2) is 0 Å². The molecular weight excluding hydrogens is 520 g/mol. The van der Waals surface area contributed by atoms with E-state index in [1.165, 1.54) is 14.2 Å².